The molecule has 3 aromatic rings. The zero-order valence-corrected chi connectivity index (χ0v) is 19.9. The van der Waals surface area contributed by atoms with Crippen molar-refractivity contribution in [3.63, 3.8) is 0 Å². The highest BCUT2D eigenvalue weighted by atomic mass is 16.5. The van der Waals surface area contributed by atoms with E-state index in [2.05, 4.69) is 26.9 Å². The molecule has 7 nitrogen and oxygen atoms in total. The van der Waals surface area contributed by atoms with Crippen LogP contribution in [0, 0.1) is 0 Å². The summed E-state index contributed by atoms with van der Waals surface area (Å²) in [4.78, 5) is 20.9. The topological polar surface area (TPSA) is 75.1 Å². The van der Waals surface area contributed by atoms with Crippen LogP contribution in [0.3, 0.4) is 0 Å². The van der Waals surface area contributed by atoms with Crippen molar-refractivity contribution >= 4 is 11.8 Å². The number of hydrogen-bond donors (Lipinski definition) is 1. The zero-order valence-electron chi connectivity index (χ0n) is 19.9. The largest absolute Gasteiger partial charge is 0.497 e. The lowest BCUT2D eigenvalue weighted by molar-refractivity contribution is 0.0695. The number of ether oxygens (including phenoxy) is 2. The van der Waals surface area contributed by atoms with Gasteiger partial charge in [-0.25, -0.2) is 9.78 Å². The maximum absolute atomic E-state index is 12.0. The molecule has 2 aromatic carbocycles. The number of methoxy groups -OCH3 is 1. The summed E-state index contributed by atoms with van der Waals surface area (Å²) in [6.07, 6.45) is 1.72. The third-order valence-electron chi connectivity index (χ3n) is 6.07. The summed E-state index contributed by atoms with van der Waals surface area (Å²) < 4.78 is 11.2. The van der Waals surface area contributed by atoms with Gasteiger partial charge >= 0.3 is 5.97 Å². The van der Waals surface area contributed by atoms with E-state index in [1.165, 1.54) is 5.56 Å². The van der Waals surface area contributed by atoms with Crippen molar-refractivity contribution in [3.05, 3.63) is 77.5 Å². The number of carbonyl (C=O) groups is 1. The minimum absolute atomic E-state index is 0.126. The van der Waals surface area contributed by atoms with E-state index in [-0.39, 0.29) is 5.92 Å². The molecule has 1 N–H and O–H groups in total. The summed E-state index contributed by atoms with van der Waals surface area (Å²) in [6, 6.07) is 17.5. The number of anilines is 1. The molecule has 0 saturated carbocycles. The summed E-state index contributed by atoms with van der Waals surface area (Å²) in [5.41, 5.74) is 2.33. The standard InChI is InChI=1S/C27H31N3O4/c1-19(2)24-11-12-28-26(25(24)27(31)32)30-15-13-29(14-16-30)18-20-5-4-6-23(17-20)34-22-9-7-21(33-3)8-10-22/h4-12,17,19H,13-16,18H2,1-3H3,(H,31,32). The lowest BCUT2D eigenvalue weighted by Gasteiger charge is -2.36. The fourth-order valence-electron chi connectivity index (χ4n) is 4.27. The lowest BCUT2D eigenvalue weighted by atomic mass is 9.98. The van der Waals surface area contributed by atoms with Gasteiger partial charge in [-0.15, -0.1) is 0 Å². The quantitative estimate of drug-likeness (QED) is 0.504. The summed E-state index contributed by atoms with van der Waals surface area (Å²) in [6.45, 7) is 7.95. The van der Waals surface area contributed by atoms with Crippen LogP contribution in [0.1, 0.15) is 41.3 Å². The van der Waals surface area contributed by atoms with E-state index in [9.17, 15) is 9.90 Å². The zero-order chi connectivity index (χ0) is 24.1. The Morgan fingerprint density at radius 3 is 2.35 bits per heavy atom. The van der Waals surface area contributed by atoms with Crippen molar-refractivity contribution in [1.29, 1.82) is 0 Å². The van der Waals surface area contributed by atoms with Crippen molar-refractivity contribution in [3.8, 4) is 17.2 Å². The van der Waals surface area contributed by atoms with Crippen LogP contribution in [0.25, 0.3) is 0 Å². The predicted molar refractivity (Wildman–Crippen MR) is 132 cm³/mol. The summed E-state index contributed by atoms with van der Waals surface area (Å²) in [7, 11) is 1.64. The fraction of sp³-hybridized carbons (Fsp3) is 0.333. The van der Waals surface area contributed by atoms with Gasteiger partial charge in [0.1, 0.15) is 28.6 Å². The number of rotatable bonds is 8. The highest BCUT2D eigenvalue weighted by Crippen LogP contribution is 2.28. The van der Waals surface area contributed by atoms with E-state index in [4.69, 9.17) is 9.47 Å². The Labute approximate surface area is 200 Å². The van der Waals surface area contributed by atoms with Gasteiger partial charge in [0.2, 0.25) is 0 Å². The van der Waals surface area contributed by atoms with Gasteiger partial charge in [0, 0.05) is 38.9 Å². The van der Waals surface area contributed by atoms with Crippen LogP contribution in [0.4, 0.5) is 5.82 Å². The summed E-state index contributed by atoms with van der Waals surface area (Å²) in [5, 5.41) is 9.84. The van der Waals surface area contributed by atoms with Gasteiger partial charge < -0.3 is 19.5 Å². The van der Waals surface area contributed by atoms with Crippen molar-refractivity contribution in [2.75, 3.05) is 38.2 Å². The molecule has 7 heteroatoms. The van der Waals surface area contributed by atoms with Crippen LogP contribution in [-0.4, -0.2) is 54.2 Å². The molecule has 1 saturated heterocycles. The average Bonchev–Trinajstić information content (AvgIpc) is 2.84. The molecule has 1 aliphatic heterocycles. The van der Waals surface area contributed by atoms with Crippen LogP contribution in [-0.2, 0) is 6.54 Å². The molecule has 1 aromatic heterocycles. The van der Waals surface area contributed by atoms with Crippen molar-refractivity contribution in [2.24, 2.45) is 0 Å². The Morgan fingerprint density at radius 2 is 1.71 bits per heavy atom. The van der Waals surface area contributed by atoms with Gasteiger partial charge in [0.05, 0.1) is 7.11 Å². The number of carboxylic acid groups (broad SMARTS) is 1. The second-order valence-electron chi connectivity index (χ2n) is 8.75. The van der Waals surface area contributed by atoms with Gasteiger partial charge in [-0.2, -0.15) is 0 Å². The van der Waals surface area contributed by atoms with E-state index in [0.717, 1.165) is 55.5 Å². The second kappa shape index (κ2) is 10.6. The second-order valence-corrected chi connectivity index (χ2v) is 8.75. The molecule has 0 amide bonds. The molecule has 34 heavy (non-hydrogen) atoms. The number of aromatic nitrogens is 1. The van der Waals surface area contributed by atoms with E-state index in [0.29, 0.717) is 11.4 Å². The van der Waals surface area contributed by atoms with E-state index < -0.39 is 5.97 Å². The third-order valence-corrected chi connectivity index (χ3v) is 6.07. The highest BCUT2D eigenvalue weighted by molar-refractivity contribution is 5.95. The van der Waals surface area contributed by atoms with E-state index >= 15 is 0 Å². The number of benzene rings is 2. The average molecular weight is 462 g/mol. The van der Waals surface area contributed by atoms with Crippen molar-refractivity contribution < 1.29 is 19.4 Å². The number of carboxylic acids is 1. The maximum atomic E-state index is 12.0. The van der Waals surface area contributed by atoms with Crippen LogP contribution >= 0.6 is 0 Å². The first kappa shape index (κ1) is 23.6. The van der Waals surface area contributed by atoms with Gasteiger partial charge in [-0.3, -0.25) is 4.90 Å². The molecule has 1 fully saturated rings. The number of piperazine rings is 1. The van der Waals surface area contributed by atoms with Crippen LogP contribution in [0.15, 0.2) is 60.8 Å². The van der Waals surface area contributed by atoms with Crippen molar-refractivity contribution in [1.82, 2.24) is 9.88 Å². The Balaban J connectivity index is 1.39. The monoisotopic (exact) mass is 461 g/mol. The normalized spacial score (nSPS) is 14.3. The Kier molecular flexibility index (Phi) is 7.33. The first-order valence-corrected chi connectivity index (χ1v) is 11.5. The minimum atomic E-state index is -0.914. The molecular formula is C27H31N3O4. The van der Waals surface area contributed by atoms with E-state index in [1.807, 2.05) is 56.3 Å². The SMILES string of the molecule is COc1ccc(Oc2cccc(CN3CCN(c4nccc(C(C)C)c4C(=O)O)CC3)c2)cc1. The molecular weight excluding hydrogens is 430 g/mol. The van der Waals surface area contributed by atoms with Crippen molar-refractivity contribution in [2.45, 2.75) is 26.3 Å². The van der Waals surface area contributed by atoms with Crippen LogP contribution < -0.4 is 14.4 Å². The summed E-state index contributed by atoms with van der Waals surface area (Å²) in [5.74, 6) is 2.14. The first-order valence-electron chi connectivity index (χ1n) is 11.5. The maximum Gasteiger partial charge on any atom is 0.339 e. The highest BCUT2D eigenvalue weighted by Gasteiger charge is 2.25. The first-order chi connectivity index (χ1) is 16.4. The lowest BCUT2D eigenvalue weighted by Crippen LogP contribution is -2.46. The van der Waals surface area contributed by atoms with Gasteiger partial charge in [-0.1, -0.05) is 26.0 Å². The smallest absolute Gasteiger partial charge is 0.339 e. The number of aromatic carboxylic acids is 1. The van der Waals surface area contributed by atoms with Crippen LogP contribution in [0.5, 0.6) is 17.2 Å². The summed E-state index contributed by atoms with van der Waals surface area (Å²) >= 11 is 0. The Bertz CT molecular complexity index is 1120. The molecule has 4 rings (SSSR count). The Morgan fingerprint density at radius 1 is 1.00 bits per heavy atom. The fourth-order valence-corrected chi connectivity index (χ4v) is 4.27. The molecule has 0 bridgehead atoms. The molecule has 2 heterocycles. The number of hydrogen-bond acceptors (Lipinski definition) is 6. The minimum Gasteiger partial charge on any atom is -0.497 e. The third kappa shape index (κ3) is 5.48. The molecule has 0 spiro atoms. The molecule has 0 aliphatic carbocycles. The van der Waals surface area contributed by atoms with Gasteiger partial charge in [0.25, 0.3) is 0 Å². The molecule has 0 radical (unpaired) electrons. The molecule has 0 atom stereocenters. The van der Waals surface area contributed by atoms with Gasteiger partial charge in [0.15, 0.2) is 0 Å². The Hall–Kier alpha value is -3.58. The molecule has 1 aliphatic rings. The van der Waals surface area contributed by atoms with Crippen LogP contribution in [0.2, 0.25) is 0 Å². The van der Waals surface area contributed by atoms with E-state index in [1.54, 1.807) is 13.3 Å². The molecule has 178 valence electrons. The van der Waals surface area contributed by atoms with Gasteiger partial charge in [-0.05, 0) is 59.5 Å². The number of pyridine rings is 1. The number of nitrogens with zero attached hydrogens (tertiary/aromatic N) is 3. The molecule has 0 unspecified atom stereocenters. The predicted octanol–water partition coefficient (Wildman–Crippen LogP) is 5.03.